The lowest BCUT2D eigenvalue weighted by molar-refractivity contribution is 0.0972. The normalized spacial score (nSPS) is 13.2. The van der Waals surface area contributed by atoms with Gasteiger partial charge in [0.2, 0.25) is 5.95 Å². The van der Waals surface area contributed by atoms with Crippen LogP contribution in [0.5, 0.6) is 0 Å². The van der Waals surface area contributed by atoms with E-state index in [1.54, 1.807) is 24.3 Å². The van der Waals surface area contributed by atoms with Gasteiger partial charge in [-0.3, -0.25) is 4.79 Å². The van der Waals surface area contributed by atoms with Gasteiger partial charge in [-0.15, -0.1) is 0 Å². The number of anilines is 4. The molecule has 4 rings (SSSR count). The van der Waals surface area contributed by atoms with Crippen molar-refractivity contribution >= 4 is 40.5 Å². The minimum atomic E-state index is -0.319. The number of rotatable bonds is 4. The maximum absolute atomic E-state index is 13.1. The Bertz CT molecular complexity index is 1010. The monoisotopic (exact) mass is 382 g/mol. The SMILES string of the molecule is O=C1CCCc2nc(Nc3ccc(F)cc3)nc(Nc3cccc(Cl)c3)c21. The van der Waals surface area contributed by atoms with E-state index in [0.717, 1.165) is 12.1 Å². The van der Waals surface area contributed by atoms with Crippen LogP contribution < -0.4 is 10.6 Å². The molecule has 1 heterocycles. The van der Waals surface area contributed by atoms with Gasteiger partial charge in [0.25, 0.3) is 0 Å². The lowest BCUT2D eigenvalue weighted by atomic mass is 9.95. The minimum Gasteiger partial charge on any atom is -0.339 e. The first-order chi connectivity index (χ1) is 13.1. The Hall–Kier alpha value is -2.99. The van der Waals surface area contributed by atoms with E-state index in [1.165, 1.54) is 12.1 Å². The number of ketones is 1. The van der Waals surface area contributed by atoms with Crippen LogP contribution in [-0.4, -0.2) is 15.8 Å². The molecule has 0 aliphatic heterocycles. The highest BCUT2D eigenvalue weighted by molar-refractivity contribution is 6.30. The van der Waals surface area contributed by atoms with Crippen LogP contribution in [0, 0.1) is 5.82 Å². The summed E-state index contributed by atoms with van der Waals surface area (Å²) < 4.78 is 13.1. The second kappa shape index (κ2) is 7.32. The standard InChI is InChI=1S/C20H16ClFN4O/c21-12-3-1-4-15(11-12)23-19-18-16(5-2-6-17(18)27)25-20(26-19)24-14-9-7-13(22)8-10-14/h1,3-4,7-11H,2,5-6H2,(H2,23,24,25,26). The van der Waals surface area contributed by atoms with Crippen LogP contribution in [0.2, 0.25) is 5.02 Å². The van der Waals surface area contributed by atoms with E-state index >= 15 is 0 Å². The molecule has 3 aromatic rings. The molecule has 0 amide bonds. The summed E-state index contributed by atoms with van der Waals surface area (Å²) in [4.78, 5) is 21.4. The molecule has 1 aromatic heterocycles. The highest BCUT2D eigenvalue weighted by atomic mass is 35.5. The number of nitrogens with zero attached hydrogens (tertiary/aromatic N) is 2. The Morgan fingerprint density at radius 1 is 0.963 bits per heavy atom. The number of benzene rings is 2. The van der Waals surface area contributed by atoms with Crippen LogP contribution in [-0.2, 0) is 6.42 Å². The fraction of sp³-hybridized carbons (Fsp3) is 0.150. The van der Waals surface area contributed by atoms with Gasteiger partial charge in [-0.05, 0) is 55.3 Å². The lowest BCUT2D eigenvalue weighted by Crippen LogP contribution is -2.17. The number of hydrogen-bond acceptors (Lipinski definition) is 5. The quantitative estimate of drug-likeness (QED) is 0.643. The summed E-state index contributed by atoms with van der Waals surface area (Å²) in [6.45, 7) is 0. The van der Waals surface area contributed by atoms with Crippen LogP contribution in [0.4, 0.5) is 27.5 Å². The van der Waals surface area contributed by atoms with Crippen LogP contribution in [0.3, 0.4) is 0 Å². The van der Waals surface area contributed by atoms with Gasteiger partial charge in [0.1, 0.15) is 11.6 Å². The van der Waals surface area contributed by atoms with Crippen molar-refractivity contribution in [2.75, 3.05) is 10.6 Å². The molecule has 5 nitrogen and oxygen atoms in total. The largest absolute Gasteiger partial charge is 0.339 e. The summed E-state index contributed by atoms with van der Waals surface area (Å²) in [5.41, 5.74) is 2.61. The van der Waals surface area contributed by atoms with E-state index in [9.17, 15) is 9.18 Å². The molecule has 2 aromatic carbocycles. The molecular weight excluding hydrogens is 367 g/mol. The first kappa shape index (κ1) is 17.4. The number of carbonyl (C=O) groups excluding carboxylic acids is 1. The van der Waals surface area contributed by atoms with E-state index in [1.807, 2.05) is 12.1 Å². The number of aryl methyl sites for hydroxylation is 1. The minimum absolute atomic E-state index is 0.0223. The molecule has 136 valence electrons. The number of fused-ring (bicyclic) bond motifs is 1. The molecule has 2 N–H and O–H groups in total. The highest BCUT2D eigenvalue weighted by Crippen LogP contribution is 2.30. The number of hydrogen-bond donors (Lipinski definition) is 2. The Morgan fingerprint density at radius 2 is 1.78 bits per heavy atom. The fourth-order valence-electron chi connectivity index (χ4n) is 3.03. The van der Waals surface area contributed by atoms with E-state index < -0.39 is 0 Å². The first-order valence-corrected chi connectivity index (χ1v) is 8.95. The molecule has 0 saturated heterocycles. The van der Waals surface area contributed by atoms with Gasteiger partial charge in [0, 0.05) is 22.8 Å². The second-order valence-corrected chi connectivity index (χ2v) is 6.70. The molecule has 1 aliphatic carbocycles. The zero-order valence-electron chi connectivity index (χ0n) is 14.3. The molecular formula is C20H16ClFN4O. The van der Waals surface area contributed by atoms with Crippen molar-refractivity contribution in [3.05, 3.63) is 70.6 Å². The number of nitrogens with one attached hydrogen (secondary N) is 2. The summed E-state index contributed by atoms with van der Waals surface area (Å²) in [6.07, 6.45) is 1.94. The molecule has 0 fully saturated rings. The second-order valence-electron chi connectivity index (χ2n) is 6.26. The average molecular weight is 383 g/mol. The van der Waals surface area contributed by atoms with E-state index in [0.29, 0.717) is 46.6 Å². The average Bonchev–Trinajstić information content (AvgIpc) is 2.64. The van der Waals surface area contributed by atoms with Gasteiger partial charge < -0.3 is 10.6 Å². The molecule has 0 spiro atoms. The Balaban J connectivity index is 1.73. The maximum atomic E-state index is 13.1. The highest BCUT2D eigenvalue weighted by Gasteiger charge is 2.24. The molecule has 0 bridgehead atoms. The predicted octanol–water partition coefficient (Wildman–Crippen LogP) is 5.28. The van der Waals surface area contributed by atoms with Gasteiger partial charge in [0.05, 0.1) is 11.3 Å². The molecule has 1 aliphatic rings. The Kier molecular flexibility index (Phi) is 4.73. The van der Waals surface area contributed by atoms with E-state index in [-0.39, 0.29) is 11.6 Å². The lowest BCUT2D eigenvalue weighted by Gasteiger charge is -2.19. The topological polar surface area (TPSA) is 66.9 Å². The van der Waals surface area contributed by atoms with E-state index in [4.69, 9.17) is 11.6 Å². The third-order valence-electron chi connectivity index (χ3n) is 4.27. The van der Waals surface area contributed by atoms with Gasteiger partial charge in [-0.25, -0.2) is 9.37 Å². The van der Waals surface area contributed by atoms with Crippen molar-refractivity contribution in [3.8, 4) is 0 Å². The summed E-state index contributed by atoms with van der Waals surface area (Å²) in [7, 11) is 0. The summed E-state index contributed by atoms with van der Waals surface area (Å²) in [6, 6.07) is 13.1. The Morgan fingerprint density at radius 3 is 2.56 bits per heavy atom. The number of halogens is 2. The van der Waals surface area contributed by atoms with Gasteiger partial charge in [-0.1, -0.05) is 17.7 Å². The van der Waals surface area contributed by atoms with Crippen molar-refractivity contribution in [2.45, 2.75) is 19.3 Å². The van der Waals surface area contributed by atoms with Crippen LogP contribution >= 0.6 is 11.6 Å². The molecule has 27 heavy (non-hydrogen) atoms. The zero-order valence-corrected chi connectivity index (χ0v) is 15.1. The van der Waals surface area contributed by atoms with Crippen molar-refractivity contribution in [1.82, 2.24) is 9.97 Å². The third kappa shape index (κ3) is 3.90. The van der Waals surface area contributed by atoms with Crippen molar-refractivity contribution in [2.24, 2.45) is 0 Å². The van der Waals surface area contributed by atoms with Crippen LogP contribution in [0.1, 0.15) is 28.9 Å². The first-order valence-electron chi connectivity index (χ1n) is 8.58. The van der Waals surface area contributed by atoms with Crippen LogP contribution in [0.25, 0.3) is 0 Å². The molecule has 0 saturated carbocycles. The van der Waals surface area contributed by atoms with Crippen molar-refractivity contribution < 1.29 is 9.18 Å². The van der Waals surface area contributed by atoms with Gasteiger partial charge in [0.15, 0.2) is 5.78 Å². The molecule has 0 radical (unpaired) electrons. The number of carbonyl (C=O) groups is 1. The molecule has 0 atom stereocenters. The maximum Gasteiger partial charge on any atom is 0.229 e. The summed E-state index contributed by atoms with van der Waals surface area (Å²) in [5.74, 6) is 0.492. The summed E-state index contributed by atoms with van der Waals surface area (Å²) in [5, 5.41) is 6.83. The predicted molar refractivity (Wildman–Crippen MR) is 104 cm³/mol. The molecule has 0 unspecified atom stereocenters. The zero-order chi connectivity index (χ0) is 18.8. The van der Waals surface area contributed by atoms with Gasteiger partial charge in [-0.2, -0.15) is 4.98 Å². The van der Waals surface area contributed by atoms with Crippen molar-refractivity contribution in [1.29, 1.82) is 0 Å². The fourth-order valence-corrected chi connectivity index (χ4v) is 3.22. The molecule has 7 heteroatoms. The summed E-state index contributed by atoms with van der Waals surface area (Å²) >= 11 is 6.05. The number of Topliss-reactive ketones (excluding diaryl/α,β-unsaturated/α-hetero) is 1. The van der Waals surface area contributed by atoms with Crippen LogP contribution in [0.15, 0.2) is 48.5 Å². The smallest absolute Gasteiger partial charge is 0.229 e. The third-order valence-corrected chi connectivity index (χ3v) is 4.50. The number of aromatic nitrogens is 2. The van der Waals surface area contributed by atoms with E-state index in [2.05, 4.69) is 20.6 Å². The van der Waals surface area contributed by atoms with Crippen molar-refractivity contribution in [3.63, 3.8) is 0 Å². The Labute approximate surface area is 160 Å². The van der Waals surface area contributed by atoms with Gasteiger partial charge >= 0.3 is 0 Å².